The van der Waals surface area contributed by atoms with E-state index in [1.165, 1.54) is 29.6 Å². The molecule has 10 heteroatoms. The van der Waals surface area contributed by atoms with Crippen molar-refractivity contribution < 1.29 is 22.7 Å². The molecule has 0 bridgehead atoms. The lowest BCUT2D eigenvalue weighted by molar-refractivity contribution is 0.0209. The van der Waals surface area contributed by atoms with Crippen LogP contribution in [0.1, 0.15) is 29.6 Å². The highest BCUT2D eigenvalue weighted by molar-refractivity contribution is 7.89. The van der Waals surface area contributed by atoms with Gasteiger partial charge in [0.25, 0.3) is 0 Å². The van der Waals surface area contributed by atoms with Crippen LogP contribution < -0.4 is 5.73 Å². The number of carbonyl (C=O) groups is 1. The van der Waals surface area contributed by atoms with Gasteiger partial charge in [-0.3, -0.25) is 0 Å². The molecule has 0 amide bonds. The summed E-state index contributed by atoms with van der Waals surface area (Å²) in [6, 6.07) is 4.05. The summed E-state index contributed by atoms with van der Waals surface area (Å²) in [5.41, 5.74) is 5.64. The molecule has 0 radical (unpaired) electrons. The predicted octanol–water partition coefficient (Wildman–Crippen LogP) is 2.07. The van der Waals surface area contributed by atoms with Crippen molar-refractivity contribution in [1.82, 2.24) is 4.31 Å². The lowest BCUT2D eigenvalue weighted by Gasteiger charge is -2.31. The topological polar surface area (TPSA) is 98.9 Å². The summed E-state index contributed by atoms with van der Waals surface area (Å²) >= 11 is 6.10. The normalized spacial score (nSPS) is 16.1. The molecule has 2 rings (SSSR count). The number of sulfonamides is 1. The predicted molar refractivity (Wildman–Crippen MR) is 101 cm³/mol. The van der Waals surface area contributed by atoms with Gasteiger partial charge in [-0.1, -0.05) is 11.6 Å². The third-order valence-corrected chi connectivity index (χ3v) is 6.46. The fraction of sp³-hybridized carbons (Fsp3) is 0.562. The maximum Gasteiger partial charge on any atom is 0.337 e. The number of esters is 1. The van der Waals surface area contributed by atoms with Gasteiger partial charge >= 0.3 is 5.97 Å². The Kier molecular flexibility index (Phi) is 9.29. The quantitative estimate of drug-likeness (QED) is 0.529. The first-order valence-electron chi connectivity index (χ1n) is 8.10. The van der Waals surface area contributed by atoms with Crippen molar-refractivity contribution in [2.45, 2.75) is 30.3 Å². The van der Waals surface area contributed by atoms with Crippen LogP contribution in [0.15, 0.2) is 23.1 Å². The molecule has 0 unspecified atom stereocenters. The Morgan fingerprint density at radius 2 is 2.00 bits per heavy atom. The number of hydrogen-bond donors (Lipinski definition) is 1. The summed E-state index contributed by atoms with van der Waals surface area (Å²) in [6.45, 7) is 1.90. The summed E-state index contributed by atoms with van der Waals surface area (Å²) in [6.07, 6.45) is 2.10. The lowest BCUT2D eigenvalue weighted by atomic mass is 10.1. The highest BCUT2D eigenvalue weighted by Gasteiger charge is 2.31. The fourth-order valence-corrected chi connectivity index (χ4v) is 4.65. The molecule has 1 fully saturated rings. The first-order valence-corrected chi connectivity index (χ1v) is 9.91. The number of nitrogens with two attached hydrogens (primary N) is 1. The Morgan fingerprint density at radius 3 is 2.54 bits per heavy atom. The van der Waals surface area contributed by atoms with Crippen molar-refractivity contribution in [2.24, 2.45) is 5.73 Å². The van der Waals surface area contributed by atoms with Crippen LogP contribution in [0.5, 0.6) is 0 Å². The molecule has 148 valence electrons. The van der Waals surface area contributed by atoms with E-state index in [0.717, 1.165) is 6.42 Å². The number of hydrogen-bond acceptors (Lipinski definition) is 6. The van der Waals surface area contributed by atoms with Gasteiger partial charge < -0.3 is 15.2 Å². The second kappa shape index (κ2) is 10.4. The van der Waals surface area contributed by atoms with Crippen molar-refractivity contribution in [1.29, 1.82) is 0 Å². The zero-order valence-corrected chi connectivity index (χ0v) is 16.9. The molecule has 1 aliphatic rings. The first kappa shape index (κ1) is 23.1. The largest absolute Gasteiger partial charge is 0.465 e. The molecule has 26 heavy (non-hydrogen) atoms. The highest BCUT2D eigenvalue weighted by Crippen LogP contribution is 2.28. The Balaban J connectivity index is 0.00000338. The second-order valence-corrected chi connectivity index (χ2v) is 8.07. The monoisotopic (exact) mass is 426 g/mol. The zero-order chi connectivity index (χ0) is 18.4. The van der Waals surface area contributed by atoms with E-state index in [1.807, 2.05) is 0 Å². The molecule has 0 aromatic heterocycles. The smallest absolute Gasteiger partial charge is 0.337 e. The maximum atomic E-state index is 12.8. The van der Waals surface area contributed by atoms with Crippen LogP contribution in [0.3, 0.4) is 0 Å². The SMILES string of the molecule is COC(=O)c1ccc(S(=O)(=O)N2CCC(OCCCN)CC2)c(Cl)c1.Cl. The molecule has 0 spiro atoms. The Morgan fingerprint density at radius 1 is 1.35 bits per heavy atom. The Hall–Kier alpha value is -0.900. The van der Waals surface area contributed by atoms with Gasteiger partial charge in [-0.2, -0.15) is 4.31 Å². The van der Waals surface area contributed by atoms with Crippen LogP contribution in [0.25, 0.3) is 0 Å². The number of piperidine rings is 1. The Bertz CT molecular complexity index is 707. The third kappa shape index (κ3) is 5.55. The van der Waals surface area contributed by atoms with Gasteiger partial charge in [-0.05, 0) is 44.0 Å². The first-order chi connectivity index (χ1) is 11.9. The van der Waals surface area contributed by atoms with Crippen LogP contribution in [0, 0.1) is 0 Å². The molecule has 1 aromatic carbocycles. The van der Waals surface area contributed by atoms with Crippen molar-refractivity contribution in [3.63, 3.8) is 0 Å². The van der Waals surface area contributed by atoms with Gasteiger partial charge in [-0.15, -0.1) is 12.4 Å². The molecule has 1 saturated heterocycles. The Labute approximate surface area is 165 Å². The van der Waals surface area contributed by atoms with Crippen LogP contribution in [-0.2, 0) is 19.5 Å². The van der Waals surface area contributed by atoms with Gasteiger partial charge in [0.15, 0.2) is 0 Å². The molecule has 1 aromatic rings. The van der Waals surface area contributed by atoms with E-state index in [0.29, 0.717) is 39.1 Å². The van der Waals surface area contributed by atoms with Crippen molar-refractivity contribution in [2.75, 3.05) is 33.4 Å². The van der Waals surface area contributed by atoms with E-state index in [4.69, 9.17) is 22.1 Å². The number of benzene rings is 1. The fourth-order valence-electron chi connectivity index (χ4n) is 2.67. The number of rotatable bonds is 7. The van der Waals surface area contributed by atoms with Crippen LogP contribution >= 0.6 is 24.0 Å². The molecule has 1 aliphatic heterocycles. The van der Waals surface area contributed by atoms with Crippen LogP contribution in [0.2, 0.25) is 5.02 Å². The van der Waals surface area contributed by atoms with E-state index in [9.17, 15) is 13.2 Å². The lowest BCUT2D eigenvalue weighted by Crippen LogP contribution is -2.41. The summed E-state index contributed by atoms with van der Waals surface area (Å²) in [5.74, 6) is -0.568. The summed E-state index contributed by atoms with van der Waals surface area (Å²) in [4.78, 5) is 11.5. The summed E-state index contributed by atoms with van der Waals surface area (Å²) in [5, 5.41) is 0.00391. The summed E-state index contributed by atoms with van der Waals surface area (Å²) < 4.78 is 37.3. The van der Waals surface area contributed by atoms with Crippen molar-refractivity contribution >= 4 is 40.0 Å². The van der Waals surface area contributed by atoms with Gasteiger partial charge in [0.2, 0.25) is 10.0 Å². The van der Waals surface area contributed by atoms with Gasteiger partial charge in [0, 0.05) is 19.7 Å². The average Bonchev–Trinajstić information content (AvgIpc) is 2.61. The second-order valence-electron chi connectivity index (χ2n) is 5.75. The summed E-state index contributed by atoms with van der Waals surface area (Å²) in [7, 11) is -2.47. The van der Waals surface area contributed by atoms with Gasteiger partial charge in [0.05, 0.1) is 23.8 Å². The number of carbonyl (C=O) groups excluding carboxylic acids is 1. The molecule has 0 saturated carbocycles. The van der Waals surface area contributed by atoms with E-state index in [2.05, 4.69) is 4.74 Å². The van der Waals surface area contributed by atoms with E-state index >= 15 is 0 Å². The standard InChI is InChI=1S/C16H23ClN2O5S.ClH/c1-23-16(20)12-3-4-15(14(17)11-12)25(21,22)19-8-5-13(6-9-19)24-10-2-7-18;/h3-4,11,13H,2,5-10,18H2,1H3;1H. The van der Waals surface area contributed by atoms with E-state index in [-0.39, 0.29) is 34.0 Å². The van der Waals surface area contributed by atoms with Crippen LogP contribution in [-0.4, -0.2) is 58.1 Å². The molecule has 0 atom stereocenters. The number of ether oxygens (including phenoxy) is 2. The van der Waals surface area contributed by atoms with Gasteiger partial charge in [0.1, 0.15) is 4.90 Å². The van der Waals surface area contributed by atoms with Gasteiger partial charge in [-0.25, -0.2) is 13.2 Å². The number of nitrogens with zero attached hydrogens (tertiary/aromatic N) is 1. The minimum Gasteiger partial charge on any atom is -0.465 e. The molecule has 7 nitrogen and oxygen atoms in total. The molecule has 1 heterocycles. The number of halogens is 2. The highest BCUT2D eigenvalue weighted by atomic mass is 35.5. The third-order valence-electron chi connectivity index (χ3n) is 4.07. The molecule has 0 aliphatic carbocycles. The maximum absolute atomic E-state index is 12.8. The van der Waals surface area contributed by atoms with Crippen LogP contribution in [0.4, 0.5) is 0 Å². The van der Waals surface area contributed by atoms with E-state index in [1.54, 1.807) is 0 Å². The number of methoxy groups -OCH3 is 1. The average molecular weight is 427 g/mol. The van der Waals surface area contributed by atoms with Crippen molar-refractivity contribution in [3.05, 3.63) is 28.8 Å². The van der Waals surface area contributed by atoms with E-state index < -0.39 is 16.0 Å². The zero-order valence-electron chi connectivity index (χ0n) is 14.5. The minimum absolute atomic E-state index is 0. The molecule has 2 N–H and O–H groups in total. The molecular formula is C16H24Cl2N2O5S. The minimum atomic E-state index is -3.72. The molecular weight excluding hydrogens is 403 g/mol. The van der Waals surface area contributed by atoms with Crippen molar-refractivity contribution in [3.8, 4) is 0 Å².